The minimum atomic E-state index is -3.77. The molecule has 3 aromatic carbocycles. The summed E-state index contributed by atoms with van der Waals surface area (Å²) < 4.78 is 41.4. The fourth-order valence-corrected chi connectivity index (χ4v) is 5.51. The van der Waals surface area contributed by atoms with Crippen molar-refractivity contribution < 1.29 is 17.9 Å². The lowest BCUT2D eigenvalue weighted by Crippen LogP contribution is -2.40. The molecule has 1 aliphatic rings. The topological polar surface area (TPSA) is 76.7 Å². The SMILES string of the molecule is Cc1ccc(S(=O)(=O)N[C@H](c2ccccc2)[C@H](NCCOC2CCCCO2)c2ccccc2)cc1. The Bertz CT molecular complexity index is 1130. The number of ether oxygens (including phenoxy) is 2. The van der Waals surface area contributed by atoms with E-state index in [0.29, 0.717) is 13.2 Å². The van der Waals surface area contributed by atoms with E-state index in [1.807, 2.05) is 79.7 Å². The number of aryl methyl sites for hydroxylation is 1. The van der Waals surface area contributed by atoms with Crippen molar-refractivity contribution in [2.75, 3.05) is 19.8 Å². The highest BCUT2D eigenvalue weighted by Crippen LogP contribution is 2.31. The smallest absolute Gasteiger partial charge is 0.241 e. The zero-order chi connectivity index (χ0) is 24.5. The van der Waals surface area contributed by atoms with E-state index in [0.717, 1.165) is 42.6 Å². The lowest BCUT2D eigenvalue weighted by molar-refractivity contribution is -0.161. The standard InChI is InChI=1S/C28H34N2O4S/c1-22-15-17-25(18-16-22)35(31,32)30-28(24-12-6-3-7-13-24)27(23-10-4-2-5-11-23)29-19-21-34-26-14-8-9-20-33-26/h2-7,10-13,15-18,26-30H,8-9,14,19-21H2,1H3/t26?,27-,28-/m1/s1. The van der Waals surface area contributed by atoms with Crippen molar-refractivity contribution in [1.29, 1.82) is 0 Å². The Labute approximate surface area is 208 Å². The molecule has 4 rings (SSSR count). The van der Waals surface area contributed by atoms with Gasteiger partial charge in [-0.3, -0.25) is 0 Å². The first-order chi connectivity index (χ1) is 17.0. The van der Waals surface area contributed by atoms with Gasteiger partial charge in [0, 0.05) is 13.2 Å². The second kappa shape index (κ2) is 12.4. The predicted molar refractivity (Wildman–Crippen MR) is 137 cm³/mol. The average Bonchev–Trinajstić information content (AvgIpc) is 2.89. The molecule has 1 fully saturated rings. The van der Waals surface area contributed by atoms with Crippen LogP contribution in [0.15, 0.2) is 89.8 Å². The highest BCUT2D eigenvalue weighted by Gasteiger charge is 2.29. The average molecular weight is 495 g/mol. The van der Waals surface area contributed by atoms with Crippen LogP contribution in [0.4, 0.5) is 0 Å². The van der Waals surface area contributed by atoms with E-state index in [1.165, 1.54) is 0 Å². The van der Waals surface area contributed by atoms with Gasteiger partial charge in [-0.05, 0) is 49.4 Å². The van der Waals surface area contributed by atoms with Gasteiger partial charge in [0.15, 0.2) is 6.29 Å². The molecule has 0 aliphatic carbocycles. The Morgan fingerprint density at radius 1 is 0.886 bits per heavy atom. The van der Waals surface area contributed by atoms with E-state index < -0.39 is 16.1 Å². The maximum absolute atomic E-state index is 13.4. The molecule has 0 spiro atoms. The molecule has 7 heteroatoms. The molecule has 0 saturated carbocycles. The fraction of sp³-hybridized carbons (Fsp3) is 0.357. The summed E-state index contributed by atoms with van der Waals surface area (Å²) in [7, 11) is -3.77. The van der Waals surface area contributed by atoms with Gasteiger partial charge in [0.2, 0.25) is 10.0 Å². The van der Waals surface area contributed by atoms with E-state index in [1.54, 1.807) is 12.1 Å². The van der Waals surface area contributed by atoms with Crippen LogP contribution in [-0.2, 0) is 19.5 Å². The van der Waals surface area contributed by atoms with Gasteiger partial charge in [-0.15, -0.1) is 0 Å². The molecule has 3 aromatic rings. The van der Waals surface area contributed by atoms with Gasteiger partial charge in [0.1, 0.15) is 0 Å². The highest BCUT2D eigenvalue weighted by atomic mass is 32.2. The van der Waals surface area contributed by atoms with Crippen LogP contribution in [0.1, 0.15) is 48.0 Å². The van der Waals surface area contributed by atoms with E-state index >= 15 is 0 Å². The normalized spacial score (nSPS) is 18.1. The van der Waals surface area contributed by atoms with E-state index in [-0.39, 0.29) is 17.2 Å². The third kappa shape index (κ3) is 7.22. The third-order valence-corrected chi connectivity index (χ3v) is 7.63. The van der Waals surface area contributed by atoms with Crippen molar-refractivity contribution in [1.82, 2.24) is 10.0 Å². The molecule has 6 nitrogen and oxygen atoms in total. The zero-order valence-electron chi connectivity index (χ0n) is 20.1. The van der Waals surface area contributed by atoms with Gasteiger partial charge in [0.05, 0.1) is 23.6 Å². The lowest BCUT2D eigenvalue weighted by atomic mass is 9.94. The van der Waals surface area contributed by atoms with E-state index in [9.17, 15) is 8.42 Å². The summed E-state index contributed by atoms with van der Waals surface area (Å²) in [6.07, 6.45) is 2.94. The largest absolute Gasteiger partial charge is 0.353 e. The van der Waals surface area contributed by atoms with Crippen LogP contribution in [0.25, 0.3) is 0 Å². The Morgan fingerprint density at radius 3 is 2.11 bits per heavy atom. The molecular formula is C28H34N2O4S. The Balaban J connectivity index is 1.58. The van der Waals surface area contributed by atoms with Crippen molar-refractivity contribution in [3.8, 4) is 0 Å². The second-order valence-corrected chi connectivity index (χ2v) is 10.5. The first kappa shape index (κ1) is 25.5. The molecule has 0 bridgehead atoms. The maximum Gasteiger partial charge on any atom is 0.241 e. The Kier molecular flexibility index (Phi) is 9.06. The molecule has 186 valence electrons. The molecular weight excluding hydrogens is 460 g/mol. The zero-order valence-corrected chi connectivity index (χ0v) is 20.9. The summed E-state index contributed by atoms with van der Waals surface area (Å²) in [5.41, 5.74) is 2.87. The first-order valence-electron chi connectivity index (χ1n) is 12.2. The van der Waals surface area contributed by atoms with Crippen LogP contribution in [-0.4, -0.2) is 34.5 Å². The summed E-state index contributed by atoms with van der Waals surface area (Å²) in [5, 5.41) is 3.55. The summed E-state index contributed by atoms with van der Waals surface area (Å²) >= 11 is 0. The van der Waals surface area contributed by atoms with Crippen molar-refractivity contribution in [2.45, 2.75) is 49.5 Å². The van der Waals surface area contributed by atoms with Crippen LogP contribution in [0, 0.1) is 6.92 Å². The van der Waals surface area contributed by atoms with Crippen LogP contribution >= 0.6 is 0 Å². The first-order valence-corrected chi connectivity index (χ1v) is 13.7. The number of nitrogens with one attached hydrogen (secondary N) is 2. The molecule has 0 amide bonds. The quantitative estimate of drug-likeness (QED) is 0.371. The van der Waals surface area contributed by atoms with Crippen LogP contribution in [0.3, 0.4) is 0 Å². The second-order valence-electron chi connectivity index (χ2n) is 8.83. The van der Waals surface area contributed by atoms with Crippen molar-refractivity contribution in [3.63, 3.8) is 0 Å². The minimum Gasteiger partial charge on any atom is -0.353 e. The van der Waals surface area contributed by atoms with Crippen molar-refractivity contribution >= 4 is 10.0 Å². The summed E-state index contributed by atoms with van der Waals surface area (Å²) in [6.45, 7) is 3.70. The predicted octanol–water partition coefficient (Wildman–Crippen LogP) is 4.89. The van der Waals surface area contributed by atoms with Crippen LogP contribution in [0.5, 0.6) is 0 Å². The Morgan fingerprint density at radius 2 is 1.51 bits per heavy atom. The number of hydrogen-bond donors (Lipinski definition) is 2. The molecule has 2 N–H and O–H groups in total. The van der Waals surface area contributed by atoms with Crippen molar-refractivity contribution in [2.24, 2.45) is 0 Å². The van der Waals surface area contributed by atoms with Gasteiger partial charge < -0.3 is 14.8 Å². The number of benzene rings is 3. The summed E-state index contributed by atoms with van der Waals surface area (Å²) in [6, 6.07) is 25.7. The van der Waals surface area contributed by atoms with Crippen molar-refractivity contribution in [3.05, 3.63) is 102 Å². The van der Waals surface area contributed by atoms with Gasteiger partial charge in [-0.2, -0.15) is 0 Å². The molecule has 1 heterocycles. The minimum absolute atomic E-state index is 0.161. The summed E-state index contributed by atoms with van der Waals surface area (Å²) in [4.78, 5) is 0.244. The third-order valence-electron chi connectivity index (χ3n) is 6.17. The van der Waals surface area contributed by atoms with Gasteiger partial charge in [-0.25, -0.2) is 13.1 Å². The summed E-state index contributed by atoms with van der Waals surface area (Å²) in [5.74, 6) is 0. The molecule has 35 heavy (non-hydrogen) atoms. The lowest BCUT2D eigenvalue weighted by Gasteiger charge is -2.30. The number of sulfonamides is 1. The fourth-order valence-electron chi connectivity index (χ4n) is 4.28. The number of hydrogen-bond acceptors (Lipinski definition) is 5. The van der Waals surface area contributed by atoms with Crippen LogP contribution < -0.4 is 10.0 Å². The molecule has 1 aliphatic heterocycles. The number of rotatable bonds is 11. The highest BCUT2D eigenvalue weighted by molar-refractivity contribution is 7.89. The van der Waals surface area contributed by atoms with E-state index in [4.69, 9.17) is 9.47 Å². The van der Waals surface area contributed by atoms with Crippen LogP contribution in [0.2, 0.25) is 0 Å². The van der Waals surface area contributed by atoms with Gasteiger partial charge >= 0.3 is 0 Å². The molecule has 3 atom stereocenters. The van der Waals surface area contributed by atoms with Gasteiger partial charge in [0.25, 0.3) is 0 Å². The van der Waals surface area contributed by atoms with E-state index in [2.05, 4.69) is 10.0 Å². The molecule has 1 saturated heterocycles. The Hall–Kier alpha value is -2.55. The molecule has 0 aromatic heterocycles. The monoisotopic (exact) mass is 494 g/mol. The van der Waals surface area contributed by atoms with Gasteiger partial charge in [-0.1, -0.05) is 78.4 Å². The maximum atomic E-state index is 13.4. The molecule has 0 radical (unpaired) electrons. The molecule has 1 unspecified atom stereocenters.